The maximum Gasteiger partial charge on any atom is 0.252 e. The minimum absolute atomic E-state index is 0.0304. The zero-order valence-corrected chi connectivity index (χ0v) is 18.1. The van der Waals surface area contributed by atoms with E-state index in [1.807, 2.05) is 25.1 Å². The smallest absolute Gasteiger partial charge is 0.252 e. The molecule has 3 N–H and O–H groups in total. The Labute approximate surface area is 189 Å². The molecule has 7 heteroatoms. The average molecular weight is 441 g/mol. The fraction of sp³-hybridized carbons (Fsp3) is 0.346. The minimum Gasteiger partial charge on any atom is -0.393 e. The molecule has 1 fully saturated rings. The maximum atomic E-state index is 13.2. The van der Waals surface area contributed by atoms with Crippen molar-refractivity contribution in [2.75, 3.05) is 11.5 Å². The molecule has 0 saturated carbocycles. The lowest BCUT2D eigenvalue weighted by molar-refractivity contribution is -0.146. The Hall–Kier alpha value is -3.13. The Balaban J connectivity index is 1.64. The standard InChI is InChI=1S/C26H23N3O4/c1-25-26(32,12-30)10-18(33-25)28-16-8-4-2-6-13(16)20-21-15(11-27-24(21)31)19-14-7-3-5-9-17(14)29(25)23(19)22(20)28/h2-9,14,17-18,30,32H,10-12H2,1H3,(H,27,31)/t14?,17?,18?,25?,26-/m0/s1. The summed E-state index contributed by atoms with van der Waals surface area (Å²) in [6.07, 6.45) is 8.20. The second-order valence-corrected chi connectivity index (χ2v) is 10.0. The van der Waals surface area contributed by atoms with Crippen molar-refractivity contribution in [1.29, 1.82) is 0 Å². The molecule has 5 atom stereocenters. The number of para-hydroxylation sites is 1. The highest BCUT2D eigenvalue weighted by atomic mass is 16.6. The molecule has 5 heterocycles. The summed E-state index contributed by atoms with van der Waals surface area (Å²) < 4.78 is 8.88. The third-order valence-corrected chi connectivity index (χ3v) is 8.65. The number of hydrogen-bond acceptors (Lipinski definition) is 5. The van der Waals surface area contributed by atoms with E-state index in [2.05, 4.69) is 45.1 Å². The molecule has 2 bridgehead atoms. The number of anilines is 1. The van der Waals surface area contributed by atoms with Crippen LogP contribution in [0.2, 0.25) is 0 Å². The predicted molar refractivity (Wildman–Crippen MR) is 123 cm³/mol. The van der Waals surface area contributed by atoms with E-state index in [0.717, 1.165) is 44.2 Å². The van der Waals surface area contributed by atoms with E-state index in [1.54, 1.807) is 0 Å². The number of carbonyl (C=O) groups is 1. The predicted octanol–water partition coefficient (Wildman–Crippen LogP) is 2.81. The second kappa shape index (κ2) is 5.50. The molecule has 1 aliphatic carbocycles. The van der Waals surface area contributed by atoms with Crippen LogP contribution in [0.3, 0.4) is 0 Å². The van der Waals surface area contributed by atoms with Gasteiger partial charge in [0.25, 0.3) is 5.91 Å². The fourth-order valence-electron chi connectivity index (χ4n) is 7.19. The molecule has 7 nitrogen and oxygen atoms in total. The van der Waals surface area contributed by atoms with Crippen LogP contribution in [0.5, 0.6) is 0 Å². The summed E-state index contributed by atoms with van der Waals surface area (Å²) in [7, 11) is 0. The van der Waals surface area contributed by atoms with Gasteiger partial charge in [-0.15, -0.1) is 0 Å². The van der Waals surface area contributed by atoms with Gasteiger partial charge in [0, 0.05) is 29.7 Å². The van der Waals surface area contributed by atoms with E-state index in [-0.39, 0.29) is 24.3 Å². The number of carbonyl (C=O) groups excluding carboxylic acids is 1. The Bertz CT molecular complexity index is 1500. The van der Waals surface area contributed by atoms with Gasteiger partial charge in [-0.3, -0.25) is 4.79 Å². The molecule has 4 unspecified atom stereocenters. The molecule has 33 heavy (non-hydrogen) atoms. The Kier molecular flexibility index (Phi) is 3.05. The number of aliphatic hydroxyl groups excluding tert-OH is 1. The Morgan fingerprint density at radius 1 is 1.24 bits per heavy atom. The van der Waals surface area contributed by atoms with Gasteiger partial charge in [-0.25, -0.2) is 0 Å². The molecule has 4 aliphatic heterocycles. The number of fused-ring (bicyclic) bond motifs is 13. The highest BCUT2D eigenvalue weighted by molar-refractivity contribution is 6.24. The summed E-state index contributed by atoms with van der Waals surface area (Å²) in [5.41, 5.74) is 3.34. The van der Waals surface area contributed by atoms with Crippen LogP contribution in [-0.2, 0) is 11.3 Å². The molecule has 1 saturated heterocycles. The van der Waals surface area contributed by atoms with Crippen LogP contribution in [-0.4, -0.2) is 44.7 Å². The van der Waals surface area contributed by atoms with Crippen LogP contribution in [0.4, 0.5) is 5.69 Å². The largest absolute Gasteiger partial charge is 0.393 e. The number of rotatable bonds is 1. The number of aliphatic hydroxyl groups is 2. The molecule has 2 aromatic carbocycles. The van der Waals surface area contributed by atoms with Crippen LogP contribution in [0.1, 0.15) is 47.0 Å². The molecule has 1 aromatic heterocycles. The van der Waals surface area contributed by atoms with E-state index in [0.29, 0.717) is 6.54 Å². The minimum atomic E-state index is -1.44. The lowest BCUT2D eigenvalue weighted by Gasteiger charge is -2.47. The summed E-state index contributed by atoms with van der Waals surface area (Å²) in [6, 6.07) is 8.02. The number of nitrogens with zero attached hydrogens (tertiary/aromatic N) is 2. The Morgan fingerprint density at radius 2 is 2.06 bits per heavy atom. The van der Waals surface area contributed by atoms with E-state index in [4.69, 9.17) is 4.74 Å². The van der Waals surface area contributed by atoms with Crippen molar-refractivity contribution >= 4 is 33.4 Å². The van der Waals surface area contributed by atoms with Gasteiger partial charge in [0.15, 0.2) is 5.72 Å². The highest BCUT2D eigenvalue weighted by Gasteiger charge is 2.65. The zero-order valence-electron chi connectivity index (χ0n) is 18.1. The number of nitrogens with one attached hydrogen (secondary N) is 1. The molecule has 8 rings (SSSR count). The van der Waals surface area contributed by atoms with Crippen molar-refractivity contribution in [3.8, 4) is 0 Å². The summed E-state index contributed by atoms with van der Waals surface area (Å²) in [5.74, 6) is -0.00253. The fourth-order valence-corrected chi connectivity index (χ4v) is 7.19. The van der Waals surface area contributed by atoms with Crippen molar-refractivity contribution in [3.05, 3.63) is 65.3 Å². The first-order valence-electron chi connectivity index (χ1n) is 11.5. The first-order chi connectivity index (χ1) is 16.0. The van der Waals surface area contributed by atoms with Crippen LogP contribution in [0.15, 0.2) is 48.6 Å². The van der Waals surface area contributed by atoms with Crippen molar-refractivity contribution in [1.82, 2.24) is 9.88 Å². The summed E-state index contributed by atoms with van der Waals surface area (Å²) >= 11 is 0. The molecular formula is C26H23N3O4. The zero-order chi connectivity index (χ0) is 22.3. The first-order valence-corrected chi connectivity index (χ1v) is 11.5. The maximum absolute atomic E-state index is 13.2. The van der Waals surface area contributed by atoms with Gasteiger partial charge in [0.05, 0.1) is 34.9 Å². The van der Waals surface area contributed by atoms with Gasteiger partial charge in [0.2, 0.25) is 0 Å². The molecule has 1 amide bonds. The molecule has 166 valence electrons. The number of benzene rings is 2. The van der Waals surface area contributed by atoms with E-state index >= 15 is 0 Å². The summed E-state index contributed by atoms with van der Waals surface area (Å²) in [6.45, 7) is 2.00. The topological polar surface area (TPSA) is 87.0 Å². The van der Waals surface area contributed by atoms with Gasteiger partial charge in [0.1, 0.15) is 11.8 Å². The molecular weight excluding hydrogens is 418 g/mol. The number of aromatic nitrogens is 1. The number of hydrogen-bond donors (Lipinski definition) is 3. The quantitative estimate of drug-likeness (QED) is 0.541. The second-order valence-electron chi connectivity index (χ2n) is 10.0. The van der Waals surface area contributed by atoms with Crippen molar-refractivity contribution < 1.29 is 19.7 Å². The molecule has 3 aromatic rings. The van der Waals surface area contributed by atoms with Crippen LogP contribution >= 0.6 is 0 Å². The molecule has 0 spiro atoms. The van der Waals surface area contributed by atoms with Crippen molar-refractivity contribution in [3.63, 3.8) is 0 Å². The van der Waals surface area contributed by atoms with Crippen molar-refractivity contribution in [2.45, 2.75) is 49.4 Å². The van der Waals surface area contributed by atoms with Crippen molar-refractivity contribution in [2.24, 2.45) is 0 Å². The normalized spacial score (nSPS) is 34.8. The van der Waals surface area contributed by atoms with Gasteiger partial charge in [-0.2, -0.15) is 0 Å². The van der Waals surface area contributed by atoms with Gasteiger partial charge >= 0.3 is 0 Å². The van der Waals surface area contributed by atoms with Gasteiger partial charge < -0.3 is 29.7 Å². The molecule has 5 aliphatic rings. The average Bonchev–Trinajstić information content (AvgIpc) is 3.51. The third kappa shape index (κ3) is 1.79. The molecule has 0 radical (unpaired) electrons. The number of ether oxygens (including phenoxy) is 1. The van der Waals surface area contributed by atoms with Crippen LogP contribution in [0, 0.1) is 0 Å². The van der Waals surface area contributed by atoms with E-state index < -0.39 is 24.2 Å². The number of allylic oxidation sites excluding steroid dienone is 2. The summed E-state index contributed by atoms with van der Waals surface area (Å²) in [4.78, 5) is 15.4. The Morgan fingerprint density at radius 3 is 2.91 bits per heavy atom. The lowest BCUT2D eigenvalue weighted by Crippen LogP contribution is -2.64. The highest BCUT2D eigenvalue weighted by Crippen LogP contribution is 2.62. The van der Waals surface area contributed by atoms with Gasteiger partial charge in [-0.05, 0) is 24.1 Å². The summed E-state index contributed by atoms with van der Waals surface area (Å²) in [5, 5.41) is 27.2. The van der Waals surface area contributed by atoms with Crippen LogP contribution in [0.25, 0.3) is 21.8 Å². The monoisotopic (exact) mass is 441 g/mol. The third-order valence-electron chi connectivity index (χ3n) is 8.65. The SMILES string of the molecule is CC12OC(C[C@]1(O)CO)n1c3ccccc3c3c4c(c5c(c31)N2C1C=CC=CC51)CNC4=O. The number of amides is 1. The van der Waals surface area contributed by atoms with Gasteiger partial charge in [-0.1, -0.05) is 42.5 Å². The van der Waals surface area contributed by atoms with E-state index in [1.165, 1.54) is 0 Å². The van der Waals surface area contributed by atoms with Crippen LogP contribution < -0.4 is 10.2 Å². The first kappa shape index (κ1) is 18.3. The van der Waals surface area contributed by atoms with E-state index in [9.17, 15) is 15.0 Å². The lowest BCUT2D eigenvalue weighted by atomic mass is 9.85.